The molecule has 270 valence electrons. The summed E-state index contributed by atoms with van der Waals surface area (Å²) in [6.07, 6.45) is 9.13. The van der Waals surface area contributed by atoms with Crippen molar-refractivity contribution in [3.63, 3.8) is 0 Å². The smallest absolute Gasteiger partial charge is 0.325 e. The zero-order valence-corrected chi connectivity index (χ0v) is 29.0. The molecule has 13 heteroatoms. The number of carboxylic acids is 2. The number of amides is 1. The van der Waals surface area contributed by atoms with Gasteiger partial charge in [-0.05, 0) is 111 Å². The molecule has 7 rings (SSSR count). The van der Waals surface area contributed by atoms with E-state index in [1.807, 2.05) is 11.0 Å². The highest BCUT2D eigenvalue weighted by Crippen LogP contribution is 2.51. The third-order valence-corrected chi connectivity index (χ3v) is 11.4. The molecule has 2 unspecified atom stereocenters. The molecule has 0 spiro atoms. The van der Waals surface area contributed by atoms with Crippen LogP contribution in [0.2, 0.25) is 0 Å². The first-order valence-electron chi connectivity index (χ1n) is 18.8. The van der Waals surface area contributed by atoms with Gasteiger partial charge in [0, 0.05) is 69.2 Å². The van der Waals surface area contributed by atoms with Crippen molar-refractivity contribution in [3.8, 4) is 0 Å². The lowest BCUT2D eigenvalue weighted by Crippen LogP contribution is -2.46. The van der Waals surface area contributed by atoms with Gasteiger partial charge in [-0.2, -0.15) is 0 Å². The normalized spacial score (nSPS) is 23.9. The number of aromatic nitrogens is 2. The number of aryl methyl sites for hydroxylation is 3. The largest absolute Gasteiger partial charge is 0.480 e. The van der Waals surface area contributed by atoms with Crippen LogP contribution in [0.5, 0.6) is 0 Å². The summed E-state index contributed by atoms with van der Waals surface area (Å²) in [6.45, 7) is 6.09. The Morgan fingerprint density at radius 1 is 0.900 bits per heavy atom. The molecule has 2 aromatic heterocycles. The molecule has 1 amide bonds. The van der Waals surface area contributed by atoms with Crippen molar-refractivity contribution < 1.29 is 24.6 Å². The van der Waals surface area contributed by atoms with E-state index in [0.717, 1.165) is 118 Å². The first-order valence-corrected chi connectivity index (χ1v) is 18.8. The number of rotatable bonds is 15. The number of nitrogens with one attached hydrogen (secondary N) is 4. The van der Waals surface area contributed by atoms with Crippen molar-refractivity contribution in [3.05, 3.63) is 46.3 Å². The number of carboxylic acid groups (broad SMARTS) is 2. The molecule has 5 aliphatic rings. The van der Waals surface area contributed by atoms with E-state index in [9.17, 15) is 19.5 Å². The fourth-order valence-corrected chi connectivity index (χ4v) is 8.75. The van der Waals surface area contributed by atoms with Gasteiger partial charge in [-0.3, -0.25) is 24.2 Å². The summed E-state index contributed by atoms with van der Waals surface area (Å²) in [4.78, 5) is 50.4. The summed E-state index contributed by atoms with van der Waals surface area (Å²) in [7, 11) is 0. The lowest BCUT2D eigenvalue weighted by atomic mass is 9.92. The monoisotopic (exact) mass is 688 g/mol. The van der Waals surface area contributed by atoms with Gasteiger partial charge < -0.3 is 31.5 Å². The second kappa shape index (κ2) is 15.6. The van der Waals surface area contributed by atoms with Gasteiger partial charge in [0.05, 0.1) is 6.54 Å². The van der Waals surface area contributed by atoms with Crippen molar-refractivity contribution in [2.75, 3.05) is 69.5 Å². The van der Waals surface area contributed by atoms with Gasteiger partial charge in [0.2, 0.25) is 5.91 Å². The maximum absolute atomic E-state index is 12.9. The molecule has 4 atom stereocenters. The Morgan fingerprint density at radius 3 is 2.36 bits per heavy atom. The van der Waals surface area contributed by atoms with E-state index in [-0.39, 0.29) is 30.2 Å². The number of hydrogen-bond acceptors (Lipinski definition) is 10. The molecular formula is C37H52N8O5. The van der Waals surface area contributed by atoms with E-state index in [4.69, 9.17) is 15.1 Å². The number of piperidine rings is 2. The van der Waals surface area contributed by atoms with Gasteiger partial charge >= 0.3 is 11.9 Å². The van der Waals surface area contributed by atoms with Crippen molar-refractivity contribution in [1.29, 1.82) is 0 Å². The minimum absolute atomic E-state index is 0.0112. The standard InChI is InChI=1S/C37H52N8O5/c46-31(47)22-44-20-29-30(21-44)32(29)36(48)41-16-3-7-26-19-28(27-8-4-15-40-35(27)43-26)33(37(49)50)45-17-11-24(12-18-45)38-13-2-6-25-10-9-23-5-1-14-39-34(23)42-25/h9-10,19,24,29-30,32-33,38H,1-8,11-18,20-22H2,(H,39,42)(H,40,43)(H,41,48)(H,46,47)(H,49,50)/t29-,30+,32?,33?. The highest BCUT2D eigenvalue weighted by Gasteiger charge is 2.59. The highest BCUT2D eigenvalue weighted by atomic mass is 16.4. The molecule has 13 nitrogen and oxygen atoms in total. The number of anilines is 2. The summed E-state index contributed by atoms with van der Waals surface area (Å²) in [5.74, 6) is 0.779. The second-order valence-electron chi connectivity index (χ2n) is 14.8. The van der Waals surface area contributed by atoms with Crippen LogP contribution in [0.25, 0.3) is 0 Å². The maximum atomic E-state index is 12.9. The number of nitrogens with zero attached hydrogens (tertiary/aromatic N) is 4. The van der Waals surface area contributed by atoms with Crippen molar-refractivity contribution in [1.82, 2.24) is 30.4 Å². The number of fused-ring (bicyclic) bond motifs is 3. The molecule has 6 N–H and O–H groups in total. The number of aliphatic carboxylic acids is 2. The first-order chi connectivity index (χ1) is 24.3. The fraction of sp³-hybridized carbons (Fsp3) is 0.649. The molecule has 6 heterocycles. The second-order valence-corrected chi connectivity index (χ2v) is 14.8. The average Bonchev–Trinajstić information content (AvgIpc) is 3.63. The third kappa shape index (κ3) is 8.05. The number of pyridine rings is 2. The van der Waals surface area contributed by atoms with Crippen LogP contribution in [0.4, 0.5) is 11.6 Å². The minimum Gasteiger partial charge on any atom is -0.480 e. The minimum atomic E-state index is -0.826. The topological polar surface area (TPSA) is 172 Å². The van der Waals surface area contributed by atoms with Crippen LogP contribution in [0.1, 0.15) is 72.6 Å². The molecular weight excluding hydrogens is 636 g/mol. The molecule has 0 bridgehead atoms. The van der Waals surface area contributed by atoms with Crippen LogP contribution < -0.4 is 21.3 Å². The van der Waals surface area contributed by atoms with Crippen LogP contribution >= 0.6 is 0 Å². The molecule has 3 fully saturated rings. The van der Waals surface area contributed by atoms with Crippen LogP contribution in [-0.4, -0.2) is 113 Å². The summed E-state index contributed by atoms with van der Waals surface area (Å²) in [5.41, 5.74) is 5.16. The van der Waals surface area contributed by atoms with E-state index in [2.05, 4.69) is 38.3 Å². The predicted octanol–water partition coefficient (Wildman–Crippen LogP) is 2.32. The molecule has 4 aliphatic heterocycles. The van der Waals surface area contributed by atoms with Gasteiger partial charge in [0.1, 0.15) is 17.7 Å². The van der Waals surface area contributed by atoms with Crippen LogP contribution in [0.15, 0.2) is 18.2 Å². The highest BCUT2D eigenvalue weighted by molar-refractivity contribution is 5.82. The van der Waals surface area contributed by atoms with E-state index in [1.54, 1.807) is 0 Å². The summed E-state index contributed by atoms with van der Waals surface area (Å²) in [6, 6.07) is 6.03. The average molecular weight is 689 g/mol. The van der Waals surface area contributed by atoms with Crippen molar-refractivity contribution in [2.45, 2.75) is 76.3 Å². The van der Waals surface area contributed by atoms with Gasteiger partial charge in [-0.1, -0.05) is 6.07 Å². The Hall–Kier alpha value is -3.81. The molecule has 0 aromatic carbocycles. The molecule has 0 radical (unpaired) electrons. The van der Waals surface area contributed by atoms with Crippen LogP contribution in [-0.2, 0) is 40.1 Å². The molecule has 50 heavy (non-hydrogen) atoms. The van der Waals surface area contributed by atoms with E-state index >= 15 is 0 Å². The molecule has 1 saturated carbocycles. The Bertz CT molecular complexity index is 1550. The Labute approximate surface area is 294 Å². The summed E-state index contributed by atoms with van der Waals surface area (Å²) < 4.78 is 0. The van der Waals surface area contributed by atoms with Crippen LogP contribution in [0.3, 0.4) is 0 Å². The predicted molar refractivity (Wildman–Crippen MR) is 189 cm³/mol. The zero-order chi connectivity index (χ0) is 34.6. The SMILES string of the molecule is O=C(O)CN1C[C@@H]2C(C(=O)NCCCc3cc(C(C(=O)O)N4CCC(NCCCc5ccc6c(n5)NCCC6)CC4)c4c(n3)NCCC4)[C@@H]2C1. The third-order valence-electron chi connectivity index (χ3n) is 11.4. The number of hydrogen-bond donors (Lipinski definition) is 6. The van der Waals surface area contributed by atoms with E-state index < -0.39 is 18.0 Å². The van der Waals surface area contributed by atoms with E-state index in [1.165, 1.54) is 5.56 Å². The van der Waals surface area contributed by atoms with Gasteiger partial charge in [-0.15, -0.1) is 0 Å². The molecule has 2 saturated heterocycles. The first kappa shape index (κ1) is 34.6. The molecule has 2 aromatic rings. The lowest BCUT2D eigenvalue weighted by molar-refractivity contribution is -0.144. The van der Waals surface area contributed by atoms with Crippen molar-refractivity contribution in [2.24, 2.45) is 17.8 Å². The lowest BCUT2D eigenvalue weighted by Gasteiger charge is -2.37. The zero-order valence-electron chi connectivity index (χ0n) is 29.0. The van der Waals surface area contributed by atoms with Crippen LogP contribution in [0, 0.1) is 17.8 Å². The number of carbonyl (C=O) groups is 3. The van der Waals surface area contributed by atoms with E-state index in [0.29, 0.717) is 38.5 Å². The summed E-state index contributed by atoms with van der Waals surface area (Å²) in [5, 5.41) is 33.2. The van der Waals surface area contributed by atoms with Gasteiger partial charge in [0.15, 0.2) is 0 Å². The number of likely N-dealkylation sites (tertiary alicyclic amines) is 2. The van der Waals surface area contributed by atoms with Gasteiger partial charge in [0.25, 0.3) is 0 Å². The maximum Gasteiger partial charge on any atom is 0.325 e. The Kier molecular flexibility index (Phi) is 10.8. The summed E-state index contributed by atoms with van der Waals surface area (Å²) >= 11 is 0. The fourth-order valence-electron chi connectivity index (χ4n) is 8.75. The Balaban J connectivity index is 0.891. The molecule has 1 aliphatic carbocycles. The van der Waals surface area contributed by atoms with Gasteiger partial charge in [-0.25, -0.2) is 9.97 Å². The van der Waals surface area contributed by atoms with Crippen molar-refractivity contribution >= 4 is 29.5 Å². The Morgan fingerprint density at radius 2 is 1.60 bits per heavy atom. The number of carbonyl (C=O) groups excluding carboxylic acids is 1. The quantitative estimate of drug-likeness (QED) is 0.151.